The molecule has 2 rings (SSSR count). The van der Waals surface area contributed by atoms with Crippen LogP contribution in [0.3, 0.4) is 0 Å². The molecule has 0 aromatic rings. The Morgan fingerprint density at radius 1 is 1.33 bits per heavy atom. The molecule has 1 saturated carbocycles. The number of carbonyl (C=O) groups excluding carboxylic acids is 2. The Balaban J connectivity index is 2.03. The van der Waals surface area contributed by atoms with E-state index >= 15 is 0 Å². The number of ether oxygens (including phenoxy) is 1. The summed E-state index contributed by atoms with van der Waals surface area (Å²) in [7, 11) is 1.77. The average Bonchev–Trinajstić information content (AvgIpc) is 2.85. The molecule has 1 saturated heterocycles. The second kappa shape index (κ2) is 6.43. The van der Waals surface area contributed by atoms with Crippen molar-refractivity contribution in [3.63, 3.8) is 0 Å². The van der Waals surface area contributed by atoms with Crippen molar-refractivity contribution in [1.82, 2.24) is 9.80 Å². The van der Waals surface area contributed by atoms with E-state index in [2.05, 4.69) is 0 Å². The zero-order valence-electron chi connectivity index (χ0n) is 12.3. The first kappa shape index (κ1) is 15.8. The number of carboxylic acid groups (broad SMARTS) is 1. The van der Waals surface area contributed by atoms with Gasteiger partial charge in [0, 0.05) is 5.54 Å². The van der Waals surface area contributed by atoms with E-state index in [1.807, 2.05) is 4.90 Å². The molecule has 2 aliphatic rings. The van der Waals surface area contributed by atoms with E-state index in [0.717, 1.165) is 37.0 Å². The van der Waals surface area contributed by atoms with Gasteiger partial charge in [0.25, 0.3) is 0 Å². The normalized spacial score (nSPS) is 21.4. The second-order valence-electron chi connectivity index (χ2n) is 5.87. The fraction of sp³-hybridized carbons (Fsp3) is 0.786. The van der Waals surface area contributed by atoms with Gasteiger partial charge in [-0.3, -0.25) is 14.5 Å². The lowest BCUT2D eigenvalue weighted by molar-refractivity contribution is -0.143. The fourth-order valence-corrected chi connectivity index (χ4v) is 3.26. The number of likely N-dealkylation sites (N-methyl/N-ethyl adjacent to an activating group) is 1. The Kier molecular flexibility index (Phi) is 4.82. The average molecular weight is 298 g/mol. The highest BCUT2D eigenvalue weighted by molar-refractivity contribution is 5.94. The zero-order chi connectivity index (χ0) is 15.5. The number of cyclic esters (lactones) is 1. The van der Waals surface area contributed by atoms with Crippen LogP contribution in [0.15, 0.2) is 0 Å². The van der Waals surface area contributed by atoms with Gasteiger partial charge in [0.05, 0.1) is 19.5 Å². The first-order valence-electron chi connectivity index (χ1n) is 7.35. The van der Waals surface area contributed by atoms with Crippen molar-refractivity contribution >= 4 is 18.0 Å². The first-order valence-corrected chi connectivity index (χ1v) is 7.35. The summed E-state index contributed by atoms with van der Waals surface area (Å²) in [4.78, 5) is 37.7. The Morgan fingerprint density at radius 3 is 2.52 bits per heavy atom. The number of imide groups is 1. The maximum absolute atomic E-state index is 12.2. The number of aliphatic carboxylic acids is 1. The number of hydrogen-bond donors (Lipinski definition) is 1. The van der Waals surface area contributed by atoms with E-state index in [1.165, 1.54) is 0 Å². The molecular weight excluding hydrogens is 276 g/mol. The molecule has 2 amide bonds. The number of amides is 2. The highest BCUT2D eigenvalue weighted by Crippen LogP contribution is 2.35. The molecule has 0 aromatic heterocycles. The molecule has 0 radical (unpaired) electrons. The van der Waals surface area contributed by atoms with Crippen molar-refractivity contribution in [2.45, 2.75) is 44.1 Å². The van der Waals surface area contributed by atoms with E-state index < -0.39 is 17.6 Å². The Bertz CT molecular complexity index is 431. The number of carboxylic acids is 1. The van der Waals surface area contributed by atoms with Crippen LogP contribution < -0.4 is 0 Å². The van der Waals surface area contributed by atoms with Crippen molar-refractivity contribution in [2.75, 3.05) is 26.7 Å². The van der Waals surface area contributed by atoms with Gasteiger partial charge in [-0.05, 0) is 19.9 Å². The van der Waals surface area contributed by atoms with Gasteiger partial charge in [-0.25, -0.2) is 9.69 Å². The molecule has 1 N–H and O–H groups in total. The summed E-state index contributed by atoms with van der Waals surface area (Å²) in [5.74, 6) is -1.17. The predicted molar refractivity (Wildman–Crippen MR) is 73.8 cm³/mol. The van der Waals surface area contributed by atoms with E-state index in [0.29, 0.717) is 0 Å². The zero-order valence-corrected chi connectivity index (χ0v) is 12.3. The minimum absolute atomic E-state index is 0.0290. The van der Waals surface area contributed by atoms with Crippen molar-refractivity contribution in [3.8, 4) is 0 Å². The second-order valence-corrected chi connectivity index (χ2v) is 5.87. The molecule has 118 valence electrons. The highest BCUT2D eigenvalue weighted by Gasteiger charge is 2.40. The molecule has 7 nitrogen and oxygen atoms in total. The van der Waals surface area contributed by atoms with E-state index in [9.17, 15) is 19.5 Å². The van der Waals surface area contributed by atoms with Crippen LogP contribution in [0.5, 0.6) is 0 Å². The molecule has 0 spiro atoms. The molecule has 21 heavy (non-hydrogen) atoms. The Hall–Kier alpha value is -1.63. The Morgan fingerprint density at radius 2 is 2.00 bits per heavy atom. The van der Waals surface area contributed by atoms with Crippen molar-refractivity contribution in [2.24, 2.45) is 0 Å². The molecular formula is C14H22N2O5. The molecule has 1 aliphatic heterocycles. The van der Waals surface area contributed by atoms with Crippen molar-refractivity contribution in [1.29, 1.82) is 0 Å². The Labute approximate surface area is 123 Å². The minimum atomic E-state index is -0.850. The van der Waals surface area contributed by atoms with Gasteiger partial charge in [0.2, 0.25) is 5.91 Å². The summed E-state index contributed by atoms with van der Waals surface area (Å²) in [5, 5.41) is 9.17. The van der Waals surface area contributed by atoms with Crippen LogP contribution in [-0.4, -0.2) is 65.2 Å². The SMILES string of the molecule is CN(CC(=O)N1CCOC1=O)C1(CC(=O)O)CCCCC1. The van der Waals surface area contributed by atoms with Crippen LogP contribution in [-0.2, 0) is 14.3 Å². The predicted octanol–water partition coefficient (Wildman–Crippen LogP) is 1.07. The van der Waals surface area contributed by atoms with Gasteiger partial charge in [-0.2, -0.15) is 0 Å². The largest absolute Gasteiger partial charge is 0.481 e. The van der Waals surface area contributed by atoms with E-state index in [4.69, 9.17) is 4.74 Å². The summed E-state index contributed by atoms with van der Waals surface area (Å²) < 4.78 is 4.76. The smallest absolute Gasteiger partial charge is 0.416 e. The van der Waals surface area contributed by atoms with Crippen molar-refractivity contribution < 1.29 is 24.2 Å². The summed E-state index contributed by atoms with van der Waals surface area (Å²) in [6.07, 6.45) is 4.00. The van der Waals surface area contributed by atoms with Gasteiger partial charge >= 0.3 is 12.1 Å². The van der Waals surface area contributed by atoms with Crippen LogP contribution in [0.4, 0.5) is 4.79 Å². The van der Waals surface area contributed by atoms with Gasteiger partial charge in [0.1, 0.15) is 6.61 Å². The van der Waals surface area contributed by atoms with Gasteiger partial charge < -0.3 is 9.84 Å². The van der Waals surface area contributed by atoms with E-state index in [-0.39, 0.29) is 32.0 Å². The molecule has 7 heteroatoms. The molecule has 2 fully saturated rings. The topological polar surface area (TPSA) is 87.2 Å². The minimum Gasteiger partial charge on any atom is -0.481 e. The molecule has 0 atom stereocenters. The summed E-state index contributed by atoms with van der Waals surface area (Å²) in [6.45, 7) is 0.550. The van der Waals surface area contributed by atoms with Crippen molar-refractivity contribution in [3.05, 3.63) is 0 Å². The number of rotatable bonds is 5. The lowest BCUT2D eigenvalue weighted by Crippen LogP contribution is -2.53. The number of nitrogens with zero attached hydrogens (tertiary/aromatic N) is 2. The third-order valence-corrected chi connectivity index (χ3v) is 4.51. The van der Waals surface area contributed by atoms with E-state index in [1.54, 1.807) is 7.05 Å². The van der Waals surface area contributed by atoms with Crippen LogP contribution in [0, 0.1) is 0 Å². The summed E-state index contributed by atoms with van der Waals surface area (Å²) in [5.41, 5.74) is -0.483. The molecule has 1 heterocycles. The lowest BCUT2D eigenvalue weighted by Gasteiger charge is -2.43. The molecule has 0 aromatic carbocycles. The fourth-order valence-electron chi connectivity index (χ4n) is 3.26. The maximum atomic E-state index is 12.2. The van der Waals surface area contributed by atoms with Crippen LogP contribution >= 0.6 is 0 Å². The standard InChI is InChI=1S/C14H22N2O5/c1-15(10-11(17)16-7-8-21-13(16)20)14(9-12(18)19)5-3-2-4-6-14/h2-10H2,1H3,(H,18,19). The molecule has 0 unspecified atom stereocenters. The molecule has 1 aliphatic carbocycles. The number of hydrogen-bond acceptors (Lipinski definition) is 5. The summed E-state index contributed by atoms with van der Waals surface area (Å²) in [6, 6.07) is 0. The third kappa shape index (κ3) is 3.53. The monoisotopic (exact) mass is 298 g/mol. The number of carbonyl (C=O) groups is 3. The van der Waals surface area contributed by atoms with Crippen LogP contribution in [0.2, 0.25) is 0 Å². The van der Waals surface area contributed by atoms with Gasteiger partial charge in [-0.15, -0.1) is 0 Å². The highest BCUT2D eigenvalue weighted by atomic mass is 16.6. The third-order valence-electron chi connectivity index (χ3n) is 4.51. The first-order chi connectivity index (χ1) is 9.94. The quantitative estimate of drug-likeness (QED) is 0.817. The van der Waals surface area contributed by atoms with Gasteiger partial charge in [-0.1, -0.05) is 19.3 Å². The molecule has 0 bridgehead atoms. The maximum Gasteiger partial charge on any atom is 0.416 e. The lowest BCUT2D eigenvalue weighted by atomic mass is 9.78. The summed E-state index contributed by atoms with van der Waals surface area (Å²) >= 11 is 0. The van der Waals surface area contributed by atoms with Crippen LogP contribution in [0.25, 0.3) is 0 Å². The van der Waals surface area contributed by atoms with Gasteiger partial charge in [0.15, 0.2) is 0 Å². The van der Waals surface area contributed by atoms with Crippen LogP contribution in [0.1, 0.15) is 38.5 Å².